The minimum atomic E-state index is -5.43. The molecule has 0 spiro atoms. The fraction of sp³-hybridized carbons (Fsp3) is 0.833. The van der Waals surface area contributed by atoms with Gasteiger partial charge in [-0.3, -0.25) is 23.2 Å². The normalized spacial score (nSPS) is 22.4. The zero-order chi connectivity index (χ0) is 50.5. The van der Waals surface area contributed by atoms with Crippen LogP contribution in [-0.4, -0.2) is 97.9 Å². The summed E-state index contributed by atoms with van der Waals surface area (Å²) in [5.41, 5.74) is 4.59. The molecule has 6 N–H and O–H groups in total. The molecule has 0 aliphatic carbocycles. The average Bonchev–Trinajstić information content (AvgIpc) is 3.98. The monoisotopic (exact) mass is 1020 g/mol. The average molecular weight is 1020 g/mol. The van der Waals surface area contributed by atoms with Crippen LogP contribution in [0, 0.1) is 5.92 Å². The number of hydrogen-bond donors (Lipinski definition) is 5. The van der Waals surface area contributed by atoms with Gasteiger partial charge in [0.2, 0.25) is 0 Å². The third-order valence-corrected chi connectivity index (χ3v) is 14.8. The van der Waals surface area contributed by atoms with E-state index >= 15 is 0 Å². The fourth-order valence-corrected chi connectivity index (χ4v) is 10.2. The first-order valence-corrected chi connectivity index (χ1v) is 28.7. The number of aliphatic hydroxyl groups excluding tert-OH is 2. The molecule has 69 heavy (non-hydrogen) atoms. The van der Waals surface area contributed by atoms with Crippen LogP contribution >= 0.6 is 15.6 Å². The van der Waals surface area contributed by atoms with Gasteiger partial charge in [0.15, 0.2) is 12.3 Å². The third kappa shape index (κ3) is 27.2. The number of nitrogens with two attached hydrogens (primary N) is 1. The highest BCUT2D eigenvalue weighted by Crippen LogP contribution is 2.60. The largest absolute Gasteiger partial charge is 0.481 e. The molecule has 0 bridgehead atoms. The Morgan fingerprint density at radius 1 is 0.754 bits per heavy atom. The molecule has 1 aromatic heterocycles. The molecule has 2 saturated heterocycles. The van der Waals surface area contributed by atoms with E-state index in [2.05, 4.69) is 42.2 Å². The number of epoxide rings is 1. The van der Waals surface area contributed by atoms with E-state index in [9.17, 15) is 43.5 Å². The SMILES string of the molecule is CCCCCC1OC1C/C=C\CCCCCCCC(=O)OC[C@H](COP(=O)(O)OP(=O)(O)OC[C@H]1O[C@@H](n2ccc(N)nc2=O)[C@H](O)[C@@H]1O)OC(=O)CCCCCCCCCCCCCCC(C)C. The lowest BCUT2D eigenvalue weighted by Gasteiger charge is -2.21. The van der Waals surface area contributed by atoms with Crippen molar-refractivity contribution in [2.24, 2.45) is 5.92 Å². The quantitative estimate of drug-likeness (QED) is 0.0134. The Morgan fingerprint density at radius 3 is 1.97 bits per heavy atom. The van der Waals surface area contributed by atoms with E-state index in [0.29, 0.717) is 25.0 Å². The molecule has 2 fully saturated rings. The summed E-state index contributed by atoms with van der Waals surface area (Å²) in [6.07, 6.45) is 24.7. The van der Waals surface area contributed by atoms with E-state index in [1.54, 1.807) is 0 Å². The first-order valence-electron chi connectivity index (χ1n) is 25.7. The maximum absolute atomic E-state index is 12.9. The van der Waals surface area contributed by atoms with E-state index in [1.165, 1.54) is 82.9 Å². The third-order valence-electron chi connectivity index (χ3n) is 12.2. The van der Waals surface area contributed by atoms with Gasteiger partial charge < -0.3 is 44.7 Å². The molecular weight excluding hydrogens is 936 g/mol. The lowest BCUT2D eigenvalue weighted by molar-refractivity contribution is -0.161. The van der Waals surface area contributed by atoms with Crippen molar-refractivity contribution >= 4 is 33.4 Å². The Bertz CT molecular complexity index is 1790. The number of anilines is 1. The van der Waals surface area contributed by atoms with Gasteiger partial charge >= 0.3 is 33.3 Å². The number of ether oxygens (including phenoxy) is 4. The Morgan fingerprint density at radius 2 is 1.35 bits per heavy atom. The fourth-order valence-electron chi connectivity index (χ4n) is 8.09. The van der Waals surface area contributed by atoms with Crippen LogP contribution in [0.3, 0.4) is 0 Å². The number of unbranched alkanes of at least 4 members (excludes halogenated alkanes) is 18. The van der Waals surface area contributed by atoms with Crippen molar-refractivity contribution in [3.8, 4) is 0 Å². The van der Waals surface area contributed by atoms with Crippen LogP contribution in [0.25, 0.3) is 0 Å². The van der Waals surface area contributed by atoms with Crippen molar-refractivity contribution in [3.05, 3.63) is 34.9 Å². The number of aromatic nitrogens is 2. The van der Waals surface area contributed by atoms with E-state index < -0.39 is 83.7 Å². The summed E-state index contributed by atoms with van der Waals surface area (Å²) in [5.74, 6) is -0.537. The number of hydrogen-bond acceptors (Lipinski definition) is 16. The summed E-state index contributed by atoms with van der Waals surface area (Å²) < 4.78 is 62.6. The van der Waals surface area contributed by atoms with E-state index in [1.807, 2.05) is 0 Å². The molecular formula is C48H85N3O16P2. The van der Waals surface area contributed by atoms with Gasteiger partial charge in [0.25, 0.3) is 0 Å². The second-order valence-electron chi connectivity index (χ2n) is 18.9. The number of aliphatic hydroxyl groups is 2. The molecule has 9 atom stereocenters. The highest BCUT2D eigenvalue weighted by atomic mass is 31.3. The molecule has 0 aromatic carbocycles. The van der Waals surface area contributed by atoms with Crippen molar-refractivity contribution in [3.63, 3.8) is 0 Å². The number of allylic oxidation sites excluding steroid dienone is 1. The standard InChI is InChI=1S/C48H85N3O16P2/c1-4-5-22-28-39-40(65-39)29-24-19-15-12-13-16-20-25-30-43(52)61-34-38(64-44(53)31-26-21-17-11-9-7-6-8-10-14-18-23-27-37(2)3)35-62-68(57,58)67-69(59,60)63-36-41-45(54)46(55)47(66-41)51-33-32-42(49)50-48(51)56/h19,24,32-33,37-41,45-47,54-55H,4-18,20-23,25-31,34-36H2,1-3H3,(H,57,58)(H,59,60)(H2,49,50,56)/b24-19-/t38-,39?,40?,41-,45-,46-,47-/m1/s1. The second-order valence-corrected chi connectivity index (χ2v) is 21.9. The van der Waals surface area contributed by atoms with Crippen molar-refractivity contribution in [2.75, 3.05) is 25.6 Å². The van der Waals surface area contributed by atoms with Crippen LogP contribution in [0.4, 0.5) is 5.82 Å². The Hall–Kier alpha value is -2.54. The molecule has 21 heteroatoms. The van der Waals surface area contributed by atoms with E-state index in [4.69, 9.17) is 33.7 Å². The number of rotatable bonds is 41. The smallest absolute Gasteiger partial charge is 0.462 e. The molecule has 2 aliphatic heterocycles. The molecule has 0 amide bonds. The predicted octanol–water partition coefficient (Wildman–Crippen LogP) is 9.29. The Balaban J connectivity index is 1.39. The molecule has 3 rings (SSSR count). The lowest BCUT2D eigenvalue weighted by atomic mass is 10.0. The minimum Gasteiger partial charge on any atom is -0.462 e. The summed E-state index contributed by atoms with van der Waals surface area (Å²) in [6.45, 7) is 4.42. The van der Waals surface area contributed by atoms with Gasteiger partial charge in [-0.15, -0.1) is 0 Å². The van der Waals surface area contributed by atoms with Crippen molar-refractivity contribution in [1.29, 1.82) is 0 Å². The van der Waals surface area contributed by atoms with E-state index in [0.717, 1.165) is 81.1 Å². The predicted molar refractivity (Wildman–Crippen MR) is 261 cm³/mol. The molecule has 398 valence electrons. The maximum atomic E-state index is 12.9. The molecule has 19 nitrogen and oxygen atoms in total. The van der Waals surface area contributed by atoms with Crippen LogP contribution in [0.2, 0.25) is 0 Å². The van der Waals surface area contributed by atoms with Gasteiger partial charge in [0.05, 0.1) is 25.4 Å². The van der Waals surface area contributed by atoms with Crippen LogP contribution in [-0.2, 0) is 51.0 Å². The first kappa shape index (κ1) is 60.8. The van der Waals surface area contributed by atoms with Gasteiger partial charge in [0, 0.05) is 19.0 Å². The van der Waals surface area contributed by atoms with Crippen molar-refractivity contribution in [1.82, 2.24) is 9.55 Å². The number of esters is 2. The number of carbonyl (C=O) groups excluding carboxylic acids is 2. The first-order chi connectivity index (χ1) is 33.0. The van der Waals surface area contributed by atoms with Crippen LogP contribution in [0.15, 0.2) is 29.2 Å². The zero-order valence-corrected chi connectivity index (χ0v) is 43.3. The van der Waals surface area contributed by atoms with Gasteiger partial charge in [-0.1, -0.05) is 148 Å². The Kier molecular flexibility index (Phi) is 29.9. The number of nitrogens with zero attached hydrogens (tertiary/aromatic N) is 2. The summed E-state index contributed by atoms with van der Waals surface area (Å²) in [7, 11) is -10.8. The van der Waals surface area contributed by atoms with Crippen molar-refractivity contribution in [2.45, 2.75) is 231 Å². The molecule has 3 heterocycles. The number of phosphoric acid groups is 2. The van der Waals surface area contributed by atoms with Crippen LogP contribution < -0.4 is 11.4 Å². The second kappa shape index (κ2) is 34.0. The van der Waals surface area contributed by atoms with Crippen LogP contribution in [0.5, 0.6) is 0 Å². The van der Waals surface area contributed by atoms with Gasteiger partial charge in [0.1, 0.15) is 30.7 Å². The highest BCUT2D eigenvalue weighted by molar-refractivity contribution is 7.61. The molecule has 1 aromatic rings. The minimum absolute atomic E-state index is 0.0483. The molecule has 0 saturated carbocycles. The number of carbonyl (C=O) groups is 2. The summed E-state index contributed by atoms with van der Waals surface area (Å²) in [6, 6.07) is 1.25. The molecule has 4 unspecified atom stereocenters. The van der Waals surface area contributed by atoms with Crippen LogP contribution in [0.1, 0.15) is 194 Å². The summed E-state index contributed by atoms with van der Waals surface area (Å²) in [5, 5.41) is 20.9. The highest BCUT2D eigenvalue weighted by Gasteiger charge is 2.46. The summed E-state index contributed by atoms with van der Waals surface area (Å²) in [4.78, 5) is 61.9. The maximum Gasteiger partial charge on any atom is 0.481 e. The topological polar surface area (TPSA) is 278 Å². The number of phosphoric ester groups is 2. The zero-order valence-electron chi connectivity index (χ0n) is 41.5. The lowest BCUT2D eigenvalue weighted by Crippen LogP contribution is -2.36. The van der Waals surface area contributed by atoms with Gasteiger partial charge in [-0.05, 0) is 50.5 Å². The van der Waals surface area contributed by atoms with E-state index in [-0.39, 0.29) is 18.7 Å². The summed E-state index contributed by atoms with van der Waals surface area (Å²) >= 11 is 0. The molecule has 0 radical (unpaired) electrons. The van der Waals surface area contributed by atoms with Gasteiger partial charge in [-0.2, -0.15) is 9.29 Å². The molecule has 2 aliphatic rings. The Labute approximate surface area is 409 Å². The van der Waals surface area contributed by atoms with Crippen molar-refractivity contribution < 1.29 is 71.0 Å². The van der Waals surface area contributed by atoms with Gasteiger partial charge in [-0.25, -0.2) is 13.9 Å². The number of nitrogen functional groups attached to an aromatic ring is 1.